The second-order valence-corrected chi connectivity index (χ2v) is 4.14. The lowest BCUT2D eigenvalue weighted by atomic mass is 10.1. The van der Waals surface area contributed by atoms with Crippen LogP contribution in [-0.2, 0) is 0 Å². The molecule has 0 atom stereocenters. The highest BCUT2D eigenvalue weighted by Crippen LogP contribution is 2.44. The number of hydrogen-bond donors (Lipinski definition) is 2. The van der Waals surface area contributed by atoms with Crippen LogP contribution in [0, 0.1) is 5.41 Å². The van der Waals surface area contributed by atoms with Gasteiger partial charge in [0.25, 0.3) is 0 Å². The Hall–Kier alpha value is -0.120. The summed E-state index contributed by atoms with van der Waals surface area (Å²) in [5, 5.41) is 12.4. The number of aliphatic hydroxyl groups excluding tert-OH is 1. The van der Waals surface area contributed by atoms with Crippen LogP contribution in [0.25, 0.3) is 0 Å². The molecule has 0 amide bonds. The number of hydrogen-bond acceptors (Lipinski definition) is 3. The molecule has 0 spiro atoms. The van der Waals surface area contributed by atoms with Gasteiger partial charge in [-0.25, -0.2) is 0 Å². The molecule has 0 aromatic heterocycles. The van der Waals surface area contributed by atoms with Gasteiger partial charge >= 0.3 is 0 Å². The highest BCUT2D eigenvalue weighted by molar-refractivity contribution is 4.94. The maximum Gasteiger partial charge on any atom is 0.0499 e. The van der Waals surface area contributed by atoms with E-state index in [2.05, 4.69) is 24.3 Å². The first-order chi connectivity index (χ1) is 5.68. The summed E-state index contributed by atoms with van der Waals surface area (Å²) in [5.74, 6) is 0. The third-order valence-electron chi connectivity index (χ3n) is 2.53. The van der Waals surface area contributed by atoms with Crippen molar-refractivity contribution in [3.8, 4) is 0 Å². The van der Waals surface area contributed by atoms with Crippen molar-refractivity contribution >= 4 is 0 Å². The first-order valence-corrected chi connectivity index (χ1v) is 4.65. The fraction of sp³-hybridized carbons (Fsp3) is 1.00. The summed E-state index contributed by atoms with van der Waals surface area (Å²) in [4.78, 5) is 2.16. The Morgan fingerprint density at radius 2 is 2.08 bits per heavy atom. The van der Waals surface area contributed by atoms with E-state index in [1.807, 2.05) is 0 Å². The number of nitrogens with zero attached hydrogens (tertiary/aromatic N) is 1. The third-order valence-corrected chi connectivity index (χ3v) is 2.53. The van der Waals surface area contributed by atoms with Gasteiger partial charge in [0.05, 0.1) is 0 Å². The number of aliphatic hydroxyl groups is 1. The van der Waals surface area contributed by atoms with Crippen LogP contribution in [0.5, 0.6) is 0 Å². The first-order valence-electron chi connectivity index (χ1n) is 4.65. The molecule has 0 aliphatic heterocycles. The van der Waals surface area contributed by atoms with Gasteiger partial charge in [-0.1, -0.05) is 0 Å². The van der Waals surface area contributed by atoms with Crippen molar-refractivity contribution in [1.29, 1.82) is 0 Å². The van der Waals surface area contributed by atoms with Gasteiger partial charge in [-0.2, -0.15) is 0 Å². The number of likely N-dealkylation sites (N-methyl/N-ethyl adjacent to an activating group) is 1. The summed E-state index contributed by atoms with van der Waals surface area (Å²) >= 11 is 0. The Balaban J connectivity index is 1.95. The highest BCUT2D eigenvalue weighted by Gasteiger charge is 2.41. The lowest BCUT2D eigenvalue weighted by molar-refractivity contribution is 0.207. The molecule has 1 aliphatic rings. The standard InChI is InChI=1S/C9H20N2O/c1-11(2)6-5-10-7-9(8-12)3-4-9/h10,12H,3-8H2,1-2H3. The molecule has 0 heterocycles. The number of nitrogens with one attached hydrogen (secondary N) is 1. The van der Waals surface area contributed by atoms with Crippen LogP contribution in [0.2, 0.25) is 0 Å². The van der Waals surface area contributed by atoms with Gasteiger partial charge in [0, 0.05) is 31.7 Å². The van der Waals surface area contributed by atoms with Crippen molar-refractivity contribution in [2.45, 2.75) is 12.8 Å². The van der Waals surface area contributed by atoms with E-state index in [0.717, 1.165) is 19.6 Å². The van der Waals surface area contributed by atoms with Gasteiger partial charge < -0.3 is 15.3 Å². The van der Waals surface area contributed by atoms with E-state index in [-0.39, 0.29) is 5.41 Å². The molecule has 12 heavy (non-hydrogen) atoms. The average molecular weight is 172 g/mol. The zero-order chi connectivity index (χ0) is 9.03. The van der Waals surface area contributed by atoms with Gasteiger partial charge in [0.1, 0.15) is 0 Å². The van der Waals surface area contributed by atoms with Crippen LogP contribution in [-0.4, -0.2) is 50.3 Å². The molecule has 0 radical (unpaired) electrons. The zero-order valence-electron chi connectivity index (χ0n) is 8.14. The summed E-state index contributed by atoms with van der Waals surface area (Å²) in [6.07, 6.45) is 2.39. The molecule has 72 valence electrons. The molecule has 3 nitrogen and oxygen atoms in total. The second-order valence-electron chi connectivity index (χ2n) is 4.14. The largest absolute Gasteiger partial charge is 0.396 e. The van der Waals surface area contributed by atoms with E-state index in [9.17, 15) is 0 Å². The second kappa shape index (κ2) is 4.21. The predicted octanol–water partition coefficient (Wildman–Crippen LogP) is -0.0899. The average Bonchev–Trinajstić information content (AvgIpc) is 2.79. The molecule has 1 saturated carbocycles. The maximum absolute atomic E-state index is 9.01. The van der Waals surface area contributed by atoms with Crippen molar-refractivity contribution in [3.63, 3.8) is 0 Å². The monoisotopic (exact) mass is 172 g/mol. The molecule has 3 heteroatoms. The lowest BCUT2D eigenvalue weighted by Crippen LogP contribution is -2.32. The van der Waals surface area contributed by atoms with Crippen molar-refractivity contribution in [2.24, 2.45) is 5.41 Å². The molecular weight excluding hydrogens is 152 g/mol. The van der Waals surface area contributed by atoms with E-state index in [1.54, 1.807) is 0 Å². The SMILES string of the molecule is CN(C)CCNCC1(CO)CC1. The quantitative estimate of drug-likeness (QED) is 0.550. The molecule has 1 aliphatic carbocycles. The molecule has 0 aromatic rings. The van der Waals surface area contributed by atoms with E-state index >= 15 is 0 Å². The smallest absolute Gasteiger partial charge is 0.0499 e. The molecule has 0 bridgehead atoms. The molecule has 2 N–H and O–H groups in total. The summed E-state index contributed by atoms with van der Waals surface area (Å²) in [5.41, 5.74) is 0.256. The Bertz CT molecular complexity index is 132. The first kappa shape index (κ1) is 9.96. The van der Waals surface area contributed by atoms with Gasteiger partial charge in [0.15, 0.2) is 0 Å². The molecule has 0 saturated heterocycles. The van der Waals surface area contributed by atoms with Gasteiger partial charge in [-0.3, -0.25) is 0 Å². The normalized spacial score (nSPS) is 20.0. The summed E-state index contributed by atoms with van der Waals surface area (Å²) < 4.78 is 0. The van der Waals surface area contributed by atoms with Crippen LogP contribution in [0.1, 0.15) is 12.8 Å². The van der Waals surface area contributed by atoms with Crippen LogP contribution >= 0.6 is 0 Å². The van der Waals surface area contributed by atoms with E-state index in [4.69, 9.17) is 5.11 Å². The van der Waals surface area contributed by atoms with Crippen molar-refractivity contribution in [2.75, 3.05) is 40.3 Å². The Morgan fingerprint density at radius 3 is 2.50 bits per heavy atom. The van der Waals surface area contributed by atoms with E-state index in [0.29, 0.717) is 6.61 Å². The highest BCUT2D eigenvalue weighted by atomic mass is 16.3. The number of rotatable bonds is 6. The summed E-state index contributed by atoms with van der Waals surface area (Å²) in [6.45, 7) is 3.43. The molecule has 0 unspecified atom stereocenters. The topological polar surface area (TPSA) is 35.5 Å². The fourth-order valence-electron chi connectivity index (χ4n) is 1.22. The van der Waals surface area contributed by atoms with E-state index in [1.165, 1.54) is 12.8 Å². The fourth-order valence-corrected chi connectivity index (χ4v) is 1.22. The van der Waals surface area contributed by atoms with Gasteiger partial charge in [-0.15, -0.1) is 0 Å². The van der Waals surface area contributed by atoms with Crippen LogP contribution in [0.4, 0.5) is 0 Å². The minimum atomic E-state index is 0.256. The van der Waals surface area contributed by atoms with Crippen molar-refractivity contribution < 1.29 is 5.11 Å². The Kier molecular flexibility index (Phi) is 3.50. The maximum atomic E-state index is 9.01. The van der Waals surface area contributed by atoms with Gasteiger partial charge in [0.2, 0.25) is 0 Å². The third kappa shape index (κ3) is 3.09. The molecule has 1 rings (SSSR count). The zero-order valence-corrected chi connectivity index (χ0v) is 8.14. The molecule has 0 aromatic carbocycles. The molecular formula is C9H20N2O. The Morgan fingerprint density at radius 1 is 1.42 bits per heavy atom. The van der Waals surface area contributed by atoms with Crippen molar-refractivity contribution in [3.05, 3.63) is 0 Å². The van der Waals surface area contributed by atoms with Crippen LogP contribution in [0.15, 0.2) is 0 Å². The lowest BCUT2D eigenvalue weighted by Gasteiger charge is -2.14. The minimum Gasteiger partial charge on any atom is -0.396 e. The summed E-state index contributed by atoms with van der Waals surface area (Å²) in [6, 6.07) is 0. The van der Waals surface area contributed by atoms with Crippen molar-refractivity contribution in [1.82, 2.24) is 10.2 Å². The van der Waals surface area contributed by atoms with E-state index < -0.39 is 0 Å². The minimum absolute atomic E-state index is 0.256. The predicted molar refractivity (Wildman–Crippen MR) is 50.2 cm³/mol. The Labute approximate surface area is 74.8 Å². The van der Waals surface area contributed by atoms with Crippen LogP contribution < -0.4 is 5.32 Å². The molecule has 1 fully saturated rings. The van der Waals surface area contributed by atoms with Gasteiger partial charge in [-0.05, 0) is 26.9 Å². The summed E-state index contributed by atoms with van der Waals surface area (Å²) in [7, 11) is 4.14. The van der Waals surface area contributed by atoms with Crippen LogP contribution in [0.3, 0.4) is 0 Å².